The van der Waals surface area contributed by atoms with Crippen molar-refractivity contribution in [2.45, 2.75) is 32.7 Å². The van der Waals surface area contributed by atoms with Crippen molar-refractivity contribution in [2.24, 2.45) is 0 Å². The molecule has 0 bridgehead atoms. The molecule has 1 aromatic rings. The van der Waals surface area contributed by atoms with Gasteiger partial charge in [0.1, 0.15) is 6.04 Å². The van der Waals surface area contributed by atoms with Crippen LogP contribution in [0.25, 0.3) is 0 Å². The van der Waals surface area contributed by atoms with Crippen molar-refractivity contribution in [1.82, 2.24) is 4.90 Å². The number of carboxylic acid groups (broad SMARTS) is 1. The lowest BCUT2D eigenvalue weighted by atomic mass is 10.1. The Hall–Kier alpha value is -2.04. The molecule has 104 valence electrons. The molecule has 0 spiro atoms. The Labute approximate surface area is 113 Å². The predicted octanol–water partition coefficient (Wildman–Crippen LogP) is 2.58. The minimum Gasteiger partial charge on any atom is -0.480 e. The summed E-state index contributed by atoms with van der Waals surface area (Å²) in [4.78, 5) is 23.8. The Bertz CT molecular complexity index is 443. The average Bonchev–Trinajstić information content (AvgIpc) is 2.39. The first-order valence-electron chi connectivity index (χ1n) is 6.31. The average molecular weight is 264 g/mol. The Morgan fingerprint density at radius 2 is 1.89 bits per heavy atom. The molecule has 5 nitrogen and oxygen atoms in total. The quantitative estimate of drug-likeness (QED) is 0.858. The fourth-order valence-electron chi connectivity index (χ4n) is 1.60. The third kappa shape index (κ3) is 4.28. The van der Waals surface area contributed by atoms with Crippen molar-refractivity contribution in [1.29, 1.82) is 0 Å². The minimum atomic E-state index is -1.03. The van der Waals surface area contributed by atoms with Gasteiger partial charge in [-0.3, -0.25) is 0 Å². The lowest BCUT2D eigenvalue weighted by Gasteiger charge is -2.21. The van der Waals surface area contributed by atoms with E-state index < -0.39 is 18.0 Å². The highest BCUT2D eigenvalue weighted by atomic mass is 16.4. The summed E-state index contributed by atoms with van der Waals surface area (Å²) in [5.74, 6) is -1.03. The van der Waals surface area contributed by atoms with E-state index >= 15 is 0 Å². The van der Waals surface area contributed by atoms with Crippen LogP contribution in [0.2, 0.25) is 0 Å². The summed E-state index contributed by atoms with van der Waals surface area (Å²) in [5, 5.41) is 11.5. The molecule has 0 aliphatic rings. The highest BCUT2D eigenvalue weighted by Gasteiger charge is 2.21. The van der Waals surface area contributed by atoms with E-state index in [1.165, 1.54) is 19.5 Å². The topological polar surface area (TPSA) is 69.6 Å². The van der Waals surface area contributed by atoms with Crippen LogP contribution in [0.3, 0.4) is 0 Å². The van der Waals surface area contributed by atoms with Gasteiger partial charge >= 0.3 is 12.0 Å². The van der Waals surface area contributed by atoms with Gasteiger partial charge < -0.3 is 15.3 Å². The molecule has 1 rings (SSSR count). The molecule has 0 radical (unpaired) electrons. The first-order chi connectivity index (χ1) is 8.95. The maximum atomic E-state index is 11.8. The van der Waals surface area contributed by atoms with Crippen LogP contribution in [0.15, 0.2) is 24.3 Å². The number of hydrogen-bond acceptors (Lipinski definition) is 2. The summed E-state index contributed by atoms with van der Waals surface area (Å²) in [6.07, 6.45) is 2.08. The van der Waals surface area contributed by atoms with E-state index in [1.54, 1.807) is 0 Å². The molecule has 2 amide bonds. The summed E-state index contributed by atoms with van der Waals surface area (Å²) in [5.41, 5.74) is 1.88. The van der Waals surface area contributed by atoms with Crippen LogP contribution in [0.1, 0.15) is 25.8 Å². The van der Waals surface area contributed by atoms with Gasteiger partial charge in [-0.25, -0.2) is 9.59 Å². The molecular formula is C14H20N2O3. The molecule has 1 unspecified atom stereocenters. The fraction of sp³-hybridized carbons (Fsp3) is 0.429. The summed E-state index contributed by atoms with van der Waals surface area (Å²) >= 11 is 0. The summed E-state index contributed by atoms with van der Waals surface area (Å²) in [6.45, 7) is 3.57. The number of benzene rings is 1. The number of carbonyl (C=O) groups is 2. The van der Waals surface area contributed by atoms with Crippen LogP contribution in [-0.2, 0) is 11.2 Å². The lowest BCUT2D eigenvalue weighted by Crippen LogP contribution is -2.42. The molecular weight excluding hydrogens is 244 g/mol. The van der Waals surface area contributed by atoms with Crippen LogP contribution in [0.5, 0.6) is 0 Å². The Kier molecular flexibility index (Phi) is 5.36. The van der Waals surface area contributed by atoms with E-state index in [4.69, 9.17) is 5.11 Å². The number of rotatable bonds is 5. The van der Waals surface area contributed by atoms with Crippen LogP contribution < -0.4 is 5.32 Å². The Morgan fingerprint density at radius 1 is 1.32 bits per heavy atom. The predicted molar refractivity (Wildman–Crippen MR) is 74.3 cm³/mol. The molecule has 0 aliphatic heterocycles. The Balaban J connectivity index is 2.63. The van der Waals surface area contributed by atoms with Crippen LogP contribution in [-0.4, -0.2) is 35.1 Å². The monoisotopic (exact) mass is 264 g/mol. The van der Waals surface area contributed by atoms with Gasteiger partial charge in [0.2, 0.25) is 0 Å². The number of nitrogens with zero attached hydrogens (tertiary/aromatic N) is 1. The third-order valence-electron chi connectivity index (χ3n) is 3.00. The molecule has 0 saturated carbocycles. The van der Waals surface area contributed by atoms with E-state index in [1.807, 2.05) is 24.3 Å². The van der Waals surface area contributed by atoms with Gasteiger partial charge in [-0.2, -0.15) is 0 Å². The smallest absolute Gasteiger partial charge is 0.326 e. The van der Waals surface area contributed by atoms with E-state index in [2.05, 4.69) is 12.2 Å². The molecule has 0 heterocycles. The van der Waals surface area contributed by atoms with Crippen molar-refractivity contribution in [3.8, 4) is 0 Å². The largest absolute Gasteiger partial charge is 0.480 e. The summed E-state index contributed by atoms with van der Waals surface area (Å²) < 4.78 is 0. The number of aryl methyl sites for hydroxylation is 1. The van der Waals surface area contributed by atoms with Crippen LogP contribution >= 0.6 is 0 Å². The lowest BCUT2D eigenvalue weighted by molar-refractivity contribution is -0.141. The van der Waals surface area contributed by atoms with Crippen molar-refractivity contribution in [3.05, 3.63) is 29.8 Å². The molecule has 1 aromatic carbocycles. The van der Waals surface area contributed by atoms with E-state index in [-0.39, 0.29) is 0 Å². The molecule has 5 heteroatoms. The van der Waals surface area contributed by atoms with E-state index in [0.29, 0.717) is 5.69 Å². The second-order valence-corrected chi connectivity index (χ2v) is 4.50. The molecule has 0 fully saturated rings. The molecule has 2 N–H and O–H groups in total. The second kappa shape index (κ2) is 6.78. The van der Waals surface area contributed by atoms with E-state index in [0.717, 1.165) is 17.7 Å². The summed E-state index contributed by atoms with van der Waals surface area (Å²) in [7, 11) is 1.46. The number of urea groups is 1. The zero-order valence-corrected chi connectivity index (χ0v) is 11.5. The zero-order valence-electron chi connectivity index (χ0n) is 11.5. The molecule has 0 aromatic heterocycles. The Morgan fingerprint density at radius 3 is 2.37 bits per heavy atom. The van der Waals surface area contributed by atoms with Crippen molar-refractivity contribution < 1.29 is 14.7 Å². The SMILES string of the molecule is CCCc1ccc(NC(=O)N(C)C(C)C(=O)O)cc1. The number of likely N-dealkylation sites (N-methyl/N-ethyl adjacent to an activating group) is 1. The van der Waals surface area contributed by atoms with Crippen LogP contribution in [0.4, 0.5) is 10.5 Å². The molecule has 0 saturated heterocycles. The molecule has 19 heavy (non-hydrogen) atoms. The van der Waals surface area contributed by atoms with Gasteiger partial charge in [0, 0.05) is 12.7 Å². The molecule has 1 atom stereocenters. The number of carboxylic acids is 1. The second-order valence-electron chi connectivity index (χ2n) is 4.50. The minimum absolute atomic E-state index is 0.432. The maximum absolute atomic E-state index is 11.8. The maximum Gasteiger partial charge on any atom is 0.326 e. The fourth-order valence-corrected chi connectivity index (χ4v) is 1.60. The highest BCUT2D eigenvalue weighted by Crippen LogP contribution is 2.12. The van der Waals surface area contributed by atoms with Crippen molar-refractivity contribution in [3.63, 3.8) is 0 Å². The van der Waals surface area contributed by atoms with Crippen molar-refractivity contribution in [2.75, 3.05) is 12.4 Å². The van der Waals surface area contributed by atoms with Crippen molar-refractivity contribution >= 4 is 17.7 Å². The standard InChI is InChI=1S/C14H20N2O3/c1-4-5-11-6-8-12(9-7-11)15-14(19)16(3)10(2)13(17)18/h6-10H,4-5H2,1-3H3,(H,15,19)(H,17,18). The normalized spacial score (nSPS) is 11.7. The van der Waals surface area contributed by atoms with Crippen LogP contribution in [0, 0.1) is 0 Å². The highest BCUT2D eigenvalue weighted by molar-refractivity contribution is 5.91. The van der Waals surface area contributed by atoms with Gasteiger partial charge in [-0.15, -0.1) is 0 Å². The van der Waals surface area contributed by atoms with E-state index in [9.17, 15) is 9.59 Å². The zero-order chi connectivity index (χ0) is 14.4. The van der Waals surface area contributed by atoms with Gasteiger partial charge in [-0.1, -0.05) is 25.5 Å². The van der Waals surface area contributed by atoms with Gasteiger partial charge in [-0.05, 0) is 31.0 Å². The number of nitrogens with one attached hydrogen (secondary N) is 1. The first kappa shape index (κ1) is 15.0. The van der Waals surface area contributed by atoms with Gasteiger partial charge in [0.05, 0.1) is 0 Å². The van der Waals surface area contributed by atoms with Gasteiger partial charge in [0.25, 0.3) is 0 Å². The number of hydrogen-bond donors (Lipinski definition) is 2. The first-order valence-corrected chi connectivity index (χ1v) is 6.31. The molecule has 0 aliphatic carbocycles. The van der Waals surface area contributed by atoms with Gasteiger partial charge in [0.15, 0.2) is 0 Å². The number of amides is 2. The number of carbonyl (C=O) groups excluding carboxylic acids is 1. The number of anilines is 1. The third-order valence-corrected chi connectivity index (χ3v) is 3.00. The summed E-state index contributed by atoms with van der Waals surface area (Å²) in [6, 6.07) is 6.27. The number of aliphatic carboxylic acids is 1.